The third kappa shape index (κ3) is 3.33. The standard InChI is InChI=1S/C29H29NO5/c1-29(2)14-22-28(23(31)15-29)20(17-4-5-24-25(10-17)35-16-34-24)12-21-19-13-27-26(32-8-3-9-33-27)11-18(19)6-7-30(21)22/h4-5,10-13,20H,3,6-9,14-16H2,1-2H3/t20-/m0/s1. The Morgan fingerprint density at radius 3 is 2.54 bits per heavy atom. The first-order chi connectivity index (χ1) is 17.0. The van der Waals surface area contributed by atoms with E-state index in [0.29, 0.717) is 19.6 Å². The predicted molar refractivity (Wildman–Crippen MR) is 131 cm³/mol. The number of benzene rings is 2. The lowest BCUT2D eigenvalue weighted by Gasteiger charge is -2.46. The van der Waals surface area contributed by atoms with Gasteiger partial charge in [-0.05, 0) is 59.7 Å². The van der Waals surface area contributed by atoms with Gasteiger partial charge in [-0.25, -0.2) is 0 Å². The normalized spacial score (nSPS) is 23.7. The van der Waals surface area contributed by atoms with E-state index in [1.807, 2.05) is 12.1 Å². The van der Waals surface area contributed by atoms with Crippen molar-refractivity contribution in [2.45, 2.75) is 45.4 Å². The summed E-state index contributed by atoms with van der Waals surface area (Å²) in [6.45, 7) is 6.83. The number of carbonyl (C=O) groups is 1. The molecule has 6 heteroatoms. The highest BCUT2D eigenvalue weighted by Gasteiger charge is 2.43. The van der Waals surface area contributed by atoms with Crippen LogP contribution < -0.4 is 18.9 Å². The van der Waals surface area contributed by atoms with Gasteiger partial charge in [0.1, 0.15) is 0 Å². The quantitative estimate of drug-likeness (QED) is 0.569. The van der Waals surface area contributed by atoms with Gasteiger partial charge in [-0.3, -0.25) is 4.79 Å². The van der Waals surface area contributed by atoms with Crippen LogP contribution >= 0.6 is 0 Å². The summed E-state index contributed by atoms with van der Waals surface area (Å²) >= 11 is 0. The molecule has 2 aromatic rings. The second-order valence-corrected chi connectivity index (χ2v) is 10.9. The lowest BCUT2D eigenvalue weighted by atomic mass is 9.69. The molecule has 6 nitrogen and oxygen atoms in total. The molecule has 35 heavy (non-hydrogen) atoms. The minimum Gasteiger partial charge on any atom is -0.490 e. The van der Waals surface area contributed by atoms with Crippen molar-refractivity contribution in [3.8, 4) is 23.0 Å². The topological polar surface area (TPSA) is 57.2 Å². The number of allylic oxidation sites excluding steroid dienone is 3. The van der Waals surface area contributed by atoms with Crippen LogP contribution in [0.2, 0.25) is 0 Å². The summed E-state index contributed by atoms with van der Waals surface area (Å²) in [6.07, 6.45) is 5.51. The Balaban J connectivity index is 1.40. The number of fused-ring (bicyclic) bond motifs is 6. The molecule has 5 aliphatic rings. The number of ether oxygens (including phenoxy) is 4. The molecule has 0 saturated heterocycles. The molecule has 0 saturated carbocycles. The average Bonchev–Trinajstić information content (AvgIpc) is 3.18. The van der Waals surface area contributed by atoms with E-state index < -0.39 is 0 Å². The van der Waals surface area contributed by atoms with Crippen molar-refractivity contribution < 1.29 is 23.7 Å². The molecule has 0 aromatic heterocycles. The van der Waals surface area contributed by atoms with Gasteiger partial charge < -0.3 is 23.8 Å². The Labute approximate surface area is 205 Å². The first-order valence-corrected chi connectivity index (χ1v) is 12.5. The summed E-state index contributed by atoms with van der Waals surface area (Å²) in [5.74, 6) is 3.27. The van der Waals surface area contributed by atoms with Crippen LogP contribution in [0.15, 0.2) is 47.7 Å². The van der Waals surface area contributed by atoms with Crippen molar-refractivity contribution >= 4 is 11.5 Å². The predicted octanol–water partition coefficient (Wildman–Crippen LogP) is 5.22. The summed E-state index contributed by atoms with van der Waals surface area (Å²) in [5.41, 5.74) is 6.70. The van der Waals surface area contributed by atoms with Crippen LogP contribution in [-0.2, 0) is 11.2 Å². The lowest BCUT2D eigenvalue weighted by molar-refractivity contribution is -0.118. The zero-order valence-corrected chi connectivity index (χ0v) is 20.2. The molecule has 0 N–H and O–H groups in total. The minimum atomic E-state index is -0.128. The molecule has 2 aromatic carbocycles. The van der Waals surface area contributed by atoms with E-state index in [9.17, 15) is 4.79 Å². The van der Waals surface area contributed by atoms with Crippen LogP contribution in [0.3, 0.4) is 0 Å². The Bertz CT molecular complexity index is 1320. The highest BCUT2D eigenvalue weighted by Crippen LogP contribution is 2.52. The number of carbonyl (C=O) groups excluding carboxylic acids is 1. The first-order valence-electron chi connectivity index (χ1n) is 12.5. The molecule has 0 spiro atoms. The van der Waals surface area contributed by atoms with Gasteiger partial charge in [-0.1, -0.05) is 19.9 Å². The monoisotopic (exact) mass is 471 g/mol. The minimum absolute atomic E-state index is 0.0667. The maximum absolute atomic E-state index is 13.6. The number of hydrogen-bond donors (Lipinski definition) is 0. The number of Topliss-reactive ketones (excluding diaryl/α,β-unsaturated/α-hetero) is 1. The molecule has 0 radical (unpaired) electrons. The van der Waals surface area contributed by atoms with Gasteiger partial charge in [-0.2, -0.15) is 0 Å². The van der Waals surface area contributed by atoms with Crippen molar-refractivity contribution in [1.82, 2.24) is 4.90 Å². The average molecular weight is 472 g/mol. The van der Waals surface area contributed by atoms with Crippen LogP contribution in [0.25, 0.3) is 5.70 Å². The lowest BCUT2D eigenvalue weighted by Crippen LogP contribution is -2.40. The Kier molecular flexibility index (Phi) is 4.51. The van der Waals surface area contributed by atoms with Gasteiger partial charge in [-0.15, -0.1) is 0 Å². The molecule has 4 heterocycles. The van der Waals surface area contributed by atoms with Crippen LogP contribution in [0.4, 0.5) is 0 Å². The summed E-state index contributed by atoms with van der Waals surface area (Å²) < 4.78 is 23.2. The third-order valence-electron chi connectivity index (χ3n) is 7.76. The number of rotatable bonds is 1. The molecule has 0 bridgehead atoms. The van der Waals surface area contributed by atoms with E-state index in [-0.39, 0.29) is 23.9 Å². The zero-order chi connectivity index (χ0) is 23.7. The van der Waals surface area contributed by atoms with E-state index in [1.165, 1.54) is 16.8 Å². The molecule has 180 valence electrons. The maximum Gasteiger partial charge on any atom is 0.231 e. The highest BCUT2D eigenvalue weighted by atomic mass is 16.7. The Hall–Kier alpha value is -3.41. The van der Waals surface area contributed by atoms with E-state index in [1.54, 1.807) is 0 Å². The van der Waals surface area contributed by atoms with Crippen LogP contribution in [-0.4, -0.2) is 37.2 Å². The van der Waals surface area contributed by atoms with Gasteiger partial charge in [0.15, 0.2) is 28.8 Å². The molecule has 0 unspecified atom stereocenters. The molecule has 1 aliphatic carbocycles. The smallest absolute Gasteiger partial charge is 0.231 e. The van der Waals surface area contributed by atoms with Gasteiger partial charge in [0.05, 0.1) is 13.2 Å². The molecule has 0 fully saturated rings. The number of ketones is 1. The van der Waals surface area contributed by atoms with E-state index in [4.69, 9.17) is 18.9 Å². The first kappa shape index (κ1) is 20.9. The SMILES string of the molecule is CC1(C)CC(=O)C2=C(C1)N1CCc3cc4c(cc3C1=C[C@H]2c1ccc2c(c1)OCO2)OCCCO4. The summed E-state index contributed by atoms with van der Waals surface area (Å²) in [5, 5.41) is 0. The number of nitrogens with zero attached hydrogens (tertiary/aromatic N) is 1. The fourth-order valence-corrected chi connectivity index (χ4v) is 6.16. The maximum atomic E-state index is 13.6. The van der Waals surface area contributed by atoms with Crippen molar-refractivity contribution in [3.63, 3.8) is 0 Å². The summed E-state index contributed by atoms with van der Waals surface area (Å²) in [6, 6.07) is 10.4. The summed E-state index contributed by atoms with van der Waals surface area (Å²) in [4.78, 5) is 16.0. The van der Waals surface area contributed by atoms with Crippen molar-refractivity contribution in [3.05, 3.63) is 64.4 Å². The Morgan fingerprint density at radius 1 is 0.914 bits per heavy atom. The van der Waals surface area contributed by atoms with Crippen molar-refractivity contribution in [1.29, 1.82) is 0 Å². The van der Waals surface area contributed by atoms with Crippen LogP contribution in [0.5, 0.6) is 23.0 Å². The van der Waals surface area contributed by atoms with Gasteiger partial charge in [0, 0.05) is 47.8 Å². The summed E-state index contributed by atoms with van der Waals surface area (Å²) in [7, 11) is 0. The molecule has 4 aliphatic heterocycles. The fourth-order valence-electron chi connectivity index (χ4n) is 6.16. The van der Waals surface area contributed by atoms with Crippen LogP contribution in [0, 0.1) is 5.41 Å². The molecular formula is C29H29NO5. The second kappa shape index (κ2) is 7.54. The zero-order valence-electron chi connectivity index (χ0n) is 20.2. The van der Waals surface area contributed by atoms with Crippen molar-refractivity contribution in [2.24, 2.45) is 5.41 Å². The largest absolute Gasteiger partial charge is 0.490 e. The highest BCUT2D eigenvalue weighted by molar-refractivity contribution is 6.01. The van der Waals surface area contributed by atoms with E-state index >= 15 is 0 Å². The molecule has 0 amide bonds. The molecular weight excluding hydrogens is 442 g/mol. The van der Waals surface area contributed by atoms with Gasteiger partial charge >= 0.3 is 0 Å². The van der Waals surface area contributed by atoms with Crippen molar-refractivity contribution in [2.75, 3.05) is 26.6 Å². The molecule has 1 atom stereocenters. The van der Waals surface area contributed by atoms with E-state index in [2.05, 4.69) is 43.0 Å². The Morgan fingerprint density at radius 2 is 1.69 bits per heavy atom. The molecule has 7 rings (SSSR count). The fraction of sp³-hybridized carbons (Fsp3) is 0.414. The van der Waals surface area contributed by atoms with E-state index in [0.717, 1.165) is 65.6 Å². The second-order valence-electron chi connectivity index (χ2n) is 10.9. The van der Waals surface area contributed by atoms with Crippen LogP contribution in [0.1, 0.15) is 55.7 Å². The van der Waals surface area contributed by atoms with Gasteiger partial charge in [0.2, 0.25) is 6.79 Å². The van der Waals surface area contributed by atoms with Gasteiger partial charge in [0.25, 0.3) is 0 Å². The number of hydrogen-bond acceptors (Lipinski definition) is 6. The third-order valence-corrected chi connectivity index (χ3v) is 7.76.